The SMILES string of the molecule is COc1ccc(C(N)Cc2cccc(C)c2)c(OC)c1. The summed E-state index contributed by atoms with van der Waals surface area (Å²) in [6, 6.07) is 14.1. The number of hydrogen-bond acceptors (Lipinski definition) is 3. The van der Waals surface area contributed by atoms with E-state index in [1.807, 2.05) is 18.2 Å². The van der Waals surface area contributed by atoms with Gasteiger partial charge in [-0.2, -0.15) is 0 Å². The van der Waals surface area contributed by atoms with E-state index < -0.39 is 0 Å². The molecule has 2 N–H and O–H groups in total. The summed E-state index contributed by atoms with van der Waals surface area (Å²) < 4.78 is 10.6. The van der Waals surface area contributed by atoms with Crippen molar-refractivity contribution in [3.8, 4) is 11.5 Å². The van der Waals surface area contributed by atoms with E-state index in [0.29, 0.717) is 0 Å². The fourth-order valence-corrected chi connectivity index (χ4v) is 2.33. The zero-order chi connectivity index (χ0) is 14.5. The highest BCUT2D eigenvalue weighted by molar-refractivity contribution is 5.43. The van der Waals surface area contributed by atoms with Gasteiger partial charge in [0.1, 0.15) is 11.5 Å². The Kier molecular flexibility index (Phi) is 4.64. The van der Waals surface area contributed by atoms with E-state index in [-0.39, 0.29) is 6.04 Å². The van der Waals surface area contributed by atoms with Crippen LogP contribution in [-0.2, 0) is 6.42 Å². The maximum Gasteiger partial charge on any atom is 0.127 e. The molecule has 3 nitrogen and oxygen atoms in total. The Labute approximate surface area is 120 Å². The van der Waals surface area contributed by atoms with Crippen LogP contribution in [0.5, 0.6) is 11.5 Å². The molecule has 2 rings (SSSR count). The standard InChI is InChI=1S/C17H21NO2/c1-12-5-4-6-13(9-12)10-16(18)15-8-7-14(19-2)11-17(15)20-3/h4-9,11,16H,10,18H2,1-3H3. The molecule has 20 heavy (non-hydrogen) atoms. The van der Waals surface area contributed by atoms with Crippen molar-refractivity contribution in [2.24, 2.45) is 5.73 Å². The second-order valence-electron chi connectivity index (χ2n) is 4.91. The average Bonchev–Trinajstić information content (AvgIpc) is 2.46. The Hall–Kier alpha value is -2.00. The topological polar surface area (TPSA) is 44.5 Å². The van der Waals surface area contributed by atoms with Gasteiger partial charge in [0.15, 0.2) is 0 Å². The molecule has 2 aromatic carbocycles. The maximum atomic E-state index is 6.32. The Morgan fingerprint density at radius 3 is 2.50 bits per heavy atom. The minimum Gasteiger partial charge on any atom is -0.497 e. The second kappa shape index (κ2) is 6.44. The van der Waals surface area contributed by atoms with E-state index >= 15 is 0 Å². The monoisotopic (exact) mass is 271 g/mol. The molecule has 0 saturated heterocycles. The van der Waals surface area contributed by atoms with Crippen LogP contribution in [-0.4, -0.2) is 14.2 Å². The van der Waals surface area contributed by atoms with Crippen LogP contribution in [0.2, 0.25) is 0 Å². The fraction of sp³-hybridized carbons (Fsp3) is 0.294. The Morgan fingerprint density at radius 1 is 1.05 bits per heavy atom. The molecule has 0 amide bonds. The van der Waals surface area contributed by atoms with Gasteiger partial charge in [0.2, 0.25) is 0 Å². The van der Waals surface area contributed by atoms with Crippen molar-refractivity contribution in [2.45, 2.75) is 19.4 Å². The van der Waals surface area contributed by atoms with E-state index in [4.69, 9.17) is 15.2 Å². The molecular weight excluding hydrogens is 250 g/mol. The van der Waals surface area contributed by atoms with Crippen molar-refractivity contribution in [1.82, 2.24) is 0 Å². The molecule has 0 aliphatic heterocycles. The smallest absolute Gasteiger partial charge is 0.127 e. The van der Waals surface area contributed by atoms with Crippen LogP contribution in [0.4, 0.5) is 0 Å². The summed E-state index contributed by atoms with van der Waals surface area (Å²) >= 11 is 0. The molecule has 0 radical (unpaired) electrons. The molecule has 3 heteroatoms. The number of methoxy groups -OCH3 is 2. The summed E-state index contributed by atoms with van der Waals surface area (Å²) in [5.74, 6) is 1.54. The molecule has 1 unspecified atom stereocenters. The first-order valence-corrected chi connectivity index (χ1v) is 6.67. The number of nitrogens with two attached hydrogens (primary N) is 1. The third-order valence-corrected chi connectivity index (χ3v) is 3.38. The second-order valence-corrected chi connectivity index (χ2v) is 4.91. The minimum absolute atomic E-state index is 0.0994. The van der Waals surface area contributed by atoms with E-state index in [1.54, 1.807) is 14.2 Å². The third kappa shape index (κ3) is 3.31. The van der Waals surface area contributed by atoms with E-state index in [9.17, 15) is 0 Å². The highest BCUT2D eigenvalue weighted by atomic mass is 16.5. The van der Waals surface area contributed by atoms with Gasteiger partial charge in [-0.05, 0) is 25.0 Å². The van der Waals surface area contributed by atoms with E-state index in [1.165, 1.54) is 11.1 Å². The van der Waals surface area contributed by atoms with Gasteiger partial charge in [0.25, 0.3) is 0 Å². The third-order valence-electron chi connectivity index (χ3n) is 3.38. The molecule has 106 valence electrons. The number of hydrogen-bond donors (Lipinski definition) is 1. The molecule has 0 aliphatic carbocycles. The van der Waals surface area contributed by atoms with Crippen molar-refractivity contribution in [3.63, 3.8) is 0 Å². The van der Waals surface area contributed by atoms with Gasteiger partial charge in [-0.15, -0.1) is 0 Å². The first-order valence-electron chi connectivity index (χ1n) is 6.67. The summed E-state index contributed by atoms with van der Waals surface area (Å²) in [7, 11) is 3.29. The van der Waals surface area contributed by atoms with Crippen LogP contribution in [0.25, 0.3) is 0 Å². The first-order chi connectivity index (χ1) is 9.63. The highest BCUT2D eigenvalue weighted by Gasteiger charge is 2.13. The summed E-state index contributed by atoms with van der Waals surface area (Å²) in [6.07, 6.45) is 0.782. The molecule has 2 aromatic rings. The minimum atomic E-state index is -0.0994. The van der Waals surface area contributed by atoms with Crippen LogP contribution < -0.4 is 15.2 Å². The van der Waals surface area contributed by atoms with Crippen LogP contribution in [0, 0.1) is 6.92 Å². The summed E-state index contributed by atoms with van der Waals surface area (Å²) in [4.78, 5) is 0. The zero-order valence-corrected chi connectivity index (χ0v) is 12.2. The molecule has 0 bridgehead atoms. The Balaban J connectivity index is 2.22. The maximum absolute atomic E-state index is 6.32. The number of aryl methyl sites for hydroxylation is 1. The first kappa shape index (κ1) is 14.4. The Morgan fingerprint density at radius 2 is 1.85 bits per heavy atom. The summed E-state index contributed by atoms with van der Waals surface area (Å²) in [6.45, 7) is 2.09. The fourth-order valence-electron chi connectivity index (χ4n) is 2.33. The average molecular weight is 271 g/mol. The lowest BCUT2D eigenvalue weighted by Crippen LogP contribution is -2.14. The van der Waals surface area contributed by atoms with Gasteiger partial charge < -0.3 is 15.2 Å². The molecule has 0 heterocycles. The normalized spacial score (nSPS) is 12.0. The quantitative estimate of drug-likeness (QED) is 0.908. The van der Waals surface area contributed by atoms with E-state index in [0.717, 1.165) is 23.5 Å². The van der Waals surface area contributed by atoms with Crippen LogP contribution >= 0.6 is 0 Å². The number of rotatable bonds is 5. The summed E-state index contributed by atoms with van der Waals surface area (Å²) in [5, 5.41) is 0. The zero-order valence-electron chi connectivity index (χ0n) is 12.2. The van der Waals surface area contributed by atoms with Crippen LogP contribution in [0.15, 0.2) is 42.5 Å². The van der Waals surface area contributed by atoms with E-state index in [2.05, 4.69) is 31.2 Å². The summed E-state index contributed by atoms with van der Waals surface area (Å²) in [5.41, 5.74) is 9.80. The highest BCUT2D eigenvalue weighted by Crippen LogP contribution is 2.30. The predicted molar refractivity (Wildman–Crippen MR) is 81.4 cm³/mol. The molecule has 0 fully saturated rings. The van der Waals surface area contributed by atoms with Gasteiger partial charge in [-0.1, -0.05) is 35.9 Å². The van der Waals surface area contributed by atoms with Crippen molar-refractivity contribution in [1.29, 1.82) is 0 Å². The lowest BCUT2D eigenvalue weighted by molar-refractivity contribution is 0.388. The molecule has 0 spiro atoms. The van der Waals surface area contributed by atoms with Gasteiger partial charge in [0, 0.05) is 17.7 Å². The Bertz CT molecular complexity index is 581. The van der Waals surface area contributed by atoms with Gasteiger partial charge in [-0.3, -0.25) is 0 Å². The lowest BCUT2D eigenvalue weighted by atomic mass is 9.98. The van der Waals surface area contributed by atoms with Crippen molar-refractivity contribution < 1.29 is 9.47 Å². The largest absolute Gasteiger partial charge is 0.497 e. The van der Waals surface area contributed by atoms with Gasteiger partial charge in [-0.25, -0.2) is 0 Å². The predicted octanol–water partition coefficient (Wildman–Crippen LogP) is 3.25. The van der Waals surface area contributed by atoms with Crippen molar-refractivity contribution in [3.05, 3.63) is 59.2 Å². The van der Waals surface area contributed by atoms with Crippen LogP contribution in [0.3, 0.4) is 0 Å². The molecule has 0 saturated carbocycles. The van der Waals surface area contributed by atoms with Crippen LogP contribution in [0.1, 0.15) is 22.7 Å². The number of benzene rings is 2. The molecule has 0 aromatic heterocycles. The van der Waals surface area contributed by atoms with Gasteiger partial charge >= 0.3 is 0 Å². The van der Waals surface area contributed by atoms with Gasteiger partial charge in [0.05, 0.1) is 14.2 Å². The number of ether oxygens (including phenoxy) is 2. The molecule has 0 aliphatic rings. The van der Waals surface area contributed by atoms with Crippen molar-refractivity contribution in [2.75, 3.05) is 14.2 Å². The molecule has 1 atom stereocenters. The molecular formula is C17H21NO2. The van der Waals surface area contributed by atoms with Crippen molar-refractivity contribution >= 4 is 0 Å². The lowest BCUT2D eigenvalue weighted by Gasteiger charge is -2.17.